The van der Waals surface area contributed by atoms with Gasteiger partial charge < -0.3 is 14.4 Å². The van der Waals surface area contributed by atoms with Crippen molar-refractivity contribution in [3.63, 3.8) is 0 Å². The number of rotatable bonds is 4. The number of Topliss-reactive ketones (excluding diaryl/α,β-unsaturated/α-hetero) is 1. The predicted molar refractivity (Wildman–Crippen MR) is 116 cm³/mol. The lowest BCUT2D eigenvalue weighted by Gasteiger charge is -2.24. The van der Waals surface area contributed by atoms with Gasteiger partial charge in [0.05, 0.1) is 34.0 Å². The van der Waals surface area contributed by atoms with Crippen molar-refractivity contribution in [2.24, 2.45) is 0 Å². The summed E-state index contributed by atoms with van der Waals surface area (Å²) in [6.07, 6.45) is 0.442. The van der Waals surface area contributed by atoms with Gasteiger partial charge in [-0.3, -0.25) is 4.79 Å². The summed E-state index contributed by atoms with van der Waals surface area (Å²) in [5, 5.41) is 1.13. The lowest BCUT2D eigenvalue weighted by molar-refractivity contribution is -0.119. The lowest BCUT2D eigenvalue weighted by Crippen LogP contribution is -2.23. The second-order valence-electron chi connectivity index (χ2n) is 6.85. The van der Waals surface area contributed by atoms with Gasteiger partial charge in [0.1, 0.15) is 0 Å². The number of nitrogens with zero attached hydrogens (tertiary/aromatic N) is 4. The van der Waals surface area contributed by atoms with Crippen LogP contribution in [0.3, 0.4) is 0 Å². The third kappa shape index (κ3) is 3.23. The van der Waals surface area contributed by atoms with Crippen LogP contribution in [-0.4, -0.2) is 35.0 Å². The highest BCUT2D eigenvalue weighted by molar-refractivity contribution is 6.36. The topological polar surface area (TPSA) is 41.4 Å². The van der Waals surface area contributed by atoms with Crippen molar-refractivity contribution in [1.29, 1.82) is 0 Å². The zero-order valence-corrected chi connectivity index (χ0v) is 17.5. The van der Waals surface area contributed by atoms with Crippen molar-refractivity contribution >= 4 is 57.3 Å². The summed E-state index contributed by atoms with van der Waals surface area (Å²) in [6, 6.07) is 11.5. The molecule has 0 bridgehead atoms. The molecule has 1 aliphatic heterocycles. The molecule has 4 rings (SSSR count). The maximum Gasteiger partial charge on any atom is 0.211 e. The van der Waals surface area contributed by atoms with Gasteiger partial charge in [0.2, 0.25) is 5.95 Å². The molecule has 0 N–H and O–H groups in total. The van der Waals surface area contributed by atoms with Gasteiger partial charge >= 0.3 is 0 Å². The van der Waals surface area contributed by atoms with Crippen LogP contribution in [0.4, 0.5) is 17.3 Å². The summed E-state index contributed by atoms with van der Waals surface area (Å²) in [7, 11) is 0. The predicted octanol–water partition coefficient (Wildman–Crippen LogP) is 5.30. The number of halogens is 2. The number of ketones is 1. The smallest absolute Gasteiger partial charge is 0.211 e. The Bertz CT molecular complexity index is 1040. The van der Waals surface area contributed by atoms with Crippen LogP contribution in [0.15, 0.2) is 36.4 Å². The molecule has 28 heavy (non-hydrogen) atoms. The summed E-state index contributed by atoms with van der Waals surface area (Å²) in [5.74, 6) is 0.923. The van der Waals surface area contributed by atoms with Crippen molar-refractivity contribution in [2.75, 3.05) is 29.4 Å². The molecule has 0 saturated carbocycles. The molecule has 0 unspecified atom stereocenters. The van der Waals surface area contributed by atoms with E-state index in [1.54, 1.807) is 6.07 Å². The minimum atomic E-state index is 0.183. The van der Waals surface area contributed by atoms with E-state index >= 15 is 0 Å². The van der Waals surface area contributed by atoms with E-state index in [1.165, 1.54) is 0 Å². The van der Waals surface area contributed by atoms with Crippen LogP contribution in [0.25, 0.3) is 11.0 Å². The molecule has 0 atom stereocenters. The van der Waals surface area contributed by atoms with E-state index in [2.05, 4.69) is 24.8 Å². The number of fused-ring (bicyclic) bond motifs is 3. The summed E-state index contributed by atoms with van der Waals surface area (Å²) >= 11 is 12.6. The van der Waals surface area contributed by atoms with E-state index in [1.807, 2.05) is 33.7 Å². The molecule has 0 spiro atoms. The Morgan fingerprint density at radius 1 is 1.14 bits per heavy atom. The lowest BCUT2D eigenvalue weighted by atomic mass is 10.2. The first-order valence-electron chi connectivity index (χ1n) is 9.52. The summed E-state index contributed by atoms with van der Waals surface area (Å²) in [4.78, 5) is 21.8. The van der Waals surface area contributed by atoms with Crippen molar-refractivity contribution < 1.29 is 4.79 Å². The SMILES string of the molecule is CCN(CC)c1cccc2nc3n(c12)CC(=O)CCN3c1ccc(Cl)cc1Cl. The van der Waals surface area contributed by atoms with Gasteiger partial charge in [0.25, 0.3) is 0 Å². The molecule has 0 aliphatic carbocycles. The van der Waals surface area contributed by atoms with Gasteiger partial charge in [0, 0.05) is 31.1 Å². The molecule has 3 aromatic rings. The maximum absolute atomic E-state index is 12.6. The highest BCUT2D eigenvalue weighted by atomic mass is 35.5. The van der Waals surface area contributed by atoms with Crippen LogP contribution >= 0.6 is 23.2 Å². The summed E-state index contributed by atoms with van der Waals surface area (Å²) < 4.78 is 2.03. The van der Waals surface area contributed by atoms with Crippen molar-refractivity contribution in [3.8, 4) is 0 Å². The van der Waals surface area contributed by atoms with E-state index in [9.17, 15) is 4.79 Å². The van der Waals surface area contributed by atoms with Crippen molar-refractivity contribution in [1.82, 2.24) is 9.55 Å². The third-order valence-electron chi connectivity index (χ3n) is 5.22. The fourth-order valence-electron chi connectivity index (χ4n) is 3.85. The van der Waals surface area contributed by atoms with Crippen LogP contribution in [0.2, 0.25) is 10.0 Å². The van der Waals surface area contributed by atoms with Crippen LogP contribution in [0, 0.1) is 0 Å². The van der Waals surface area contributed by atoms with Crippen LogP contribution in [-0.2, 0) is 11.3 Å². The molecule has 2 aromatic carbocycles. The normalized spacial score (nSPS) is 14.3. The third-order valence-corrected chi connectivity index (χ3v) is 5.76. The Kier molecular flexibility index (Phi) is 5.21. The first-order valence-corrected chi connectivity index (χ1v) is 10.3. The van der Waals surface area contributed by atoms with Gasteiger partial charge in [-0.1, -0.05) is 29.3 Å². The summed E-state index contributed by atoms with van der Waals surface area (Å²) in [6.45, 7) is 6.88. The minimum absolute atomic E-state index is 0.183. The number of carbonyl (C=O) groups excluding carboxylic acids is 1. The maximum atomic E-state index is 12.6. The number of para-hydroxylation sites is 1. The molecule has 0 amide bonds. The van der Waals surface area contributed by atoms with E-state index in [0.29, 0.717) is 29.6 Å². The quantitative estimate of drug-likeness (QED) is 0.578. The summed E-state index contributed by atoms with van der Waals surface area (Å²) in [5.41, 5.74) is 3.77. The fraction of sp³-hybridized carbons (Fsp3) is 0.333. The van der Waals surface area contributed by atoms with Gasteiger partial charge in [-0.25, -0.2) is 4.98 Å². The van der Waals surface area contributed by atoms with Crippen molar-refractivity contribution in [2.45, 2.75) is 26.8 Å². The van der Waals surface area contributed by atoms with Gasteiger partial charge in [-0.15, -0.1) is 0 Å². The van der Waals surface area contributed by atoms with Gasteiger partial charge in [0.15, 0.2) is 5.78 Å². The molecule has 7 heteroatoms. The second kappa shape index (κ2) is 7.64. The number of benzene rings is 2. The molecule has 0 radical (unpaired) electrons. The van der Waals surface area contributed by atoms with Gasteiger partial charge in [-0.2, -0.15) is 0 Å². The van der Waals surface area contributed by atoms with Crippen LogP contribution in [0.5, 0.6) is 0 Å². The average Bonchev–Trinajstić information content (AvgIpc) is 2.95. The van der Waals surface area contributed by atoms with E-state index in [4.69, 9.17) is 28.2 Å². The van der Waals surface area contributed by atoms with E-state index < -0.39 is 0 Å². The Labute approximate surface area is 174 Å². The monoisotopic (exact) mass is 416 g/mol. The second-order valence-corrected chi connectivity index (χ2v) is 7.69. The molecular weight excluding hydrogens is 395 g/mol. The number of hydrogen-bond acceptors (Lipinski definition) is 4. The Balaban J connectivity index is 1.95. The zero-order valence-electron chi connectivity index (χ0n) is 16.0. The standard InChI is InChI=1S/C21H22Cl2N4O/c1-3-25(4-2)19-7-5-6-17-20(19)27-13-15(28)10-11-26(21(27)24-17)18-9-8-14(22)12-16(18)23/h5-9,12H,3-4,10-11,13H2,1-2H3. The number of carbonyl (C=O) groups is 1. The van der Waals surface area contributed by atoms with Crippen LogP contribution in [0.1, 0.15) is 20.3 Å². The Morgan fingerprint density at radius 2 is 1.93 bits per heavy atom. The largest absolute Gasteiger partial charge is 0.370 e. The minimum Gasteiger partial charge on any atom is -0.370 e. The number of hydrogen-bond donors (Lipinski definition) is 0. The first kappa shape index (κ1) is 19.1. The fourth-order valence-corrected chi connectivity index (χ4v) is 4.36. The molecule has 0 saturated heterocycles. The molecule has 2 heterocycles. The van der Waals surface area contributed by atoms with Crippen molar-refractivity contribution in [3.05, 3.63) is 46.4 Å². The molecule has 146 valence electrons. The number of imidazole rings is 1. The molecule has 1 aliphatic rings. The van der Waals surface area contributed by atoms with Gasteiger partial charge in [-0.05, 0) is 44.2 Å². The molecule has 0 fully saturated rings. The zero-order chi connectivity index (χ0) is 19.8. The number of anilines is 3. The van der Waals surface area contributed by atoms with E-state index in [-0.39, 0.29) is 5.78 Å². The molecule has 5 nitrogen and oxygen atoms in total. The van der Waals surface area contributed by atoms with Crippen LogP contribution < -0.4 is 9.80 Å². The first-order chi connectivity index (χ1) is 13.5. The average molecular weight is 417 g/mol. The highest BCUT2D eigenvalue weighted by Gasteiger charge is 2.27. The molecular formula is C21H22Cl2N4O. The highest BCUT2D eigenvalue weighted by Crippen LogP contribution is 2.38. The Morgan fingerprint density at radius 3 is 2.64 bits per heavy atom. The number of aromatic nitrogens is 2. The van der Waals surface area contributed by atoms with E-state index in [0.717, 1.165) is 41.4 Å². The molecule has 1 aromatic heterocycles. The Hall–Kier alpha value is -2.24.